The molecule has 0 saturated carbocycles. The third-order valence-corrected chi connectivity index (χ3v) is 4.56. The van der Waals surface area contributed by atoms with Crippen LogP contribution in [0, 0.1) is 0 Å². The summed E-state index contributed by atoms with van der Waals surface area (Å²) in [7, 11) is 3.47. The van der Waals surface area contributed by atoms with Crippen molar-refractivity contribution in [1.29, 1.82) is 0 Å². The van der Waals surface area contributed by atoms with Crippen molar-refractivity contribution in [2.75, 3.05) is 33.4 Å². The summed E-state index contributed by atoms with van der Waals surface area (Å²) in [6.45, 7) is 2.40. The Balaban J connectivity index is 1.82. The van der Waals surface area contributed by atoms with Gasteiger partial charge in [-0.1, -0.05) is 0 Å². The molecule has 0 spiro atoms. The van der Waals surface area contributed by atoms with Gasteiger partial charge in [-0.25, -0.2) is 4.98 Å². The molecule has 0 N–H and O–H groups in total. The van der Waals surface area contributed by atoms with Crippen molar-refractivity contribution in [3.63, 3.8) is 0 Å². The third-order valence-electron chi connectivity index (χ3n) is 4.56. The quantitative estimate of drug-likeness (QED) is 0.722. The molecule has 4 rings (SSSR count). The van der Waals surface area contributed by atoms with Gasteiger partial charge in [-0.3, -0.25) is 9.48 Å². The highest BCUT2D eigenvalue weighted by atomic mass is 16.5. The van der Waals surface area contributed by atoms with Gasteiger partial charge in [-0.15, -0.1) is 0 Å². The van der Waals surface area contributed by atoms with Crippen LogP contribution < -0.4 is 4.74 Å². The van der Waals surface area contributed by atoms with E-state index in [0.29, 0.717) is 37.7 Å². The van der Waals surface area contributed by atoms with Crippen molar-refractivity contribution in [2.45, 2.75) is 0 Å². The van der Waals surface area contributed by atoms with Crippen molar-refractivity contribution in [3.8, 4) is 17.0 Å². The predicted octanol–water partition coefficient (Wildman–Crippen LogP) is 2.12. The highest BCUT2D eigenvalue weighted by Gasteiger charge is 2.20. The number of hydrogen-bond acceptors (Lipinski definition) is 5. The number of aryl methyl sites for hydroxylation is 1. The zero-order valence-electron chi connectivity index (χ0n) is 14.8. The van der Waals surface area contributed by atoms with Crippen molar-refractivity contribution in [3.05, 3.63) is 42.2 Å². The Morgan fingerprint density at radius 2 is 2.04 bits per heavy atom. The topological polar surface area (TPSA) is 69.5 Å². The molecule has 1 aliphatic rings. The average molecular weight is 352 g/mol. The van der Waals surface area contributed by atoms with E-state index in [0.717, 1.165) is 22.0 Å². The Morgan fingerprint density at radius 3 is 2.73 bits per heavy atom. The van der Waals surface area contributed by atoms with E-state index in [2.05, 4.69) is 10.1 Å². The molecule has 1 aliphatic heterocycles. The first-order valence-electron chi connectivity index (χ1n) is 8.50. The summed E-state index contributed by atoms with van der Waals surface area (Å²) in [6.07, 6.45) is 3.73. The minimum Gasteiger partial charge on any atom is -0.481 e. The number of pyridine rings is 1. The van der Waals surface area contributed by atoms with E-state index in [-0.39, 0.29) is 5.91 Å². The number of carbonyl (C=O) groups excluding carboxylic acids is 1. The highest BCUT2D eigenvalue weighted by molar-refractivity contribution is 6.02. The number of rotatable bonds is 3. The fourth-order valence-corrected chi connectivity index (χ4v) is 3.19. The van der Waals surface area contributed by atoms with E-state index < -0.39 is 0 Å². The molecule has 1 fully saturated rings. The molecule has 1 saturated heterocycles. The summed E-state index contributed by atoms with van der Waals surface area (Å²) in [5, 5.41) is 5.15. The zero-order valence-corrected chi connectivity index (χ0v) is 14.8. The van der Waals surface area contributed by atoms with Crippen LogP contribution >= 0.6 is 0 Å². The van der Waals surface area contributed by atoms with E-state index in [4.69, 9.17) is 9.47 Å². The van der Waals surface area contributed by atoms with Crippen LogP contribution in [0.25, 0.3) is 22.0 Å². The second-order valence-electron chi connectivity index (χ2n) is 6.25. The maximum absolute atomic E-state index is 12.8. The molecule has 3 aromatic rings. The first-order valence-corrected chi connectivity index (χ1v) is 8.50. The van der Waals surface area contributed by atoms with Crippen molar-refractivity contribution >= 4 is 16.8 Å². The number of morpholine rings is 1. The SMILES string of the molecule is COc1cc(-c2cnn(C)c2)c2cc(C(=O)N3CCOCC3)ccc2n1. The van der Waals surface area contributed by atoms with Gasteiger partial charge in [-0.2, -0.15) is 5.10 Å². The predicted molar refractivity (Wildman–Crippen MR) is 97.2 cm³/mol. The molecule has 0 atom stereocenters. The summed E-state index contributed by atoms with van der Waals surface area (Å²) in [5.41, 5.74) is 3.32. The van der Waals surface area contributed by atoms with E-state index in [9.17, 15) is 4.79 Å². The van der Waals surface area contributed by atoms with E-state index >= 15 is 0 Å². The van der Waals surface area contributed by atoms with Crippen LogP contribution in [-0.4, -0.2) is 59.0 Å². The molecule has 0 radical (unpaired) electrons. The molecule has 26 heavy (non-hydrogen) atoms. The van der Waals surface area contributed by atoms with Crippen molar-refractivity contribution in [1.82, 2.24) is 19.7 Å². The molecule has 0 unspecified atom stereocenters. The Labute approximate surface area is 151 Å². The lowest BCUT2D eigenvalue weighted by Crippen LogP contribution is -2.40. The Hall–Kier alpha value is -2.93. The molecule has 1 aromatic carbocycles. The van der Waals surface area contributed by atoms with Gasteiger partial charge < -0.3 is 14.4 Å². The van der Waals surface area contributed by atoms with Crippen LogP contribution in [0.3, 0.4) is 0 Å². The largest absolute Gasteiger partial charge is 0.481 e. The summed E-state index contributed by atoms with van der Waals surface area (Å²) >= 11 is 0. The first-order chi connectivity index (χ1) is 12.7. The lowest BCUT2D eigenvalue weighted by molar-refractivity contribution is 0.0303. The molecular formula is C19H20N4O3. The van der Waals surface area contributed by atoms with Gasteiger partial charge in [0.2, 0.25) is 5.88 Å². The number of hydrogen-bond donors (Lipinski definition) is 0. The Morgan fingerprint density at radius 1 is 1.23 bits per heavy atom. The average Bonchev–Trinajstić information content (AvgIpc) is 3.13. The van der Waals surface area contributed by atoms with Crippen molar-refractivity contribution < 1.29 is 14.3 Å². The van der Waals surface area contributed by atoms with E-state index in [1.54, 1.807) is 18.0 Å². The van der Waals surface area contributed by atoms with Gasteiger partial charge in [0.25, 0.3) is 5.91 Å². The fraction of sp³-hybridized carbons (Fsp3) is 0.316. The second-order valence-corrected chi connectivity index (χ2v) is 6.25. The summed E-state index contributed by atoms with van der Waals surface area (Å²) in [4.78, 5) is 19.2. The van der Waals surface area contributed by atoms with Crippen molar-refractivity contribution in [2.24, 2.45) is 7.05 Å². The number of benzene rings is 1. The van der Waals surface area contributed by atoms with Crippen LogP contribution in [0.2, 0.25) is 0 Å². The molecule has 2 aromatic heterocycles. The van der Waals surface area contributed by atoms with Gasteiger partial charge in [0.15, 0.2) is 0 Å². The third kappa shape index (κ3) is 3.01. The minimum atomic E-state index is 0.0168. The van der Waals surface area contributed by atoms with E-state index in [1.807, 2.05) is 42.4 Å². The van der Waals surface area contributed by atoms with Crippen LogP contribution in [-0.2, 0) is 11.8 Å². The molecule has 0 bridgehead atoms. The number of fused-ring (bicyclic) bond motifs is 1. The minimum absolute atomic E-state index is 0.0168. The lowest BCUT2D eigenvalue weighted by Gasteiger charge is -2.27. The van der Waals surface area contributed by atoms with E-state index in [1.165, 1.54) is 0 Å². The van der Waals surface area contributed by atoms with Gasteiger partial charge in [0, 0.05) is 48.9 Å². The van der Waals surface area contributed by atoms with Gasteiger partial charge in [0.05, 0.1) is 32.0 Å². The smallest absolute Gasteiger partial charge is 0.254 e. The number of methoxy groups -OCH3 is 1. The normalized spacial score (nSPS) is 14.6. The van der Waals surface area contributed by atoms with Gasteiger partial charge in [0.1, 0.15) is 0 Å². The number of amides is 1. The lowest BCUT2D eigenvalue weighted by atomic mass is 10.0. The van der Waals surface area contributed by atoms with Crippen LogP contribution in [0.15, 0.2) is 36.7 Å². The van der Waals surface area contributed by atoms with Crippen LogP contribution in [0.4, 0.5) is 0 Å². The number of ether oxygens (including phenoxy) is 2. The van der Waals surface area contributed by atoms with Gasteiger partial charge >= 0.3 is 0 Å². The Kier molecular flexibility index (Phi) is 4.30. The maximum Gasteiger partial charge on any atom is 0.254 e. The standard InChI is InChI=1S/C19H20N4O3/c1-22-12-14(11-20-22)15-10-18(25-2)21-17-4-3-13(9-16(15)17)19(24)23-5-7-26-8-6-23/h3-4,9-12H,5-8H2,1-2H3. The summed E-state index contributed by atoms with van der Waals surface area (Å²) < 4.78 is 12.4. The second kappa shape index (κ2) is 6.76. The molecule has 7 heteroatoms. The fourth-order valence-electron chi connectivity index (χ4n) is 3.19. The molecule has 1 amide bonds. The number of carbonyl (C=O) groups is 1. The molecule has 134 valence electrons. The summed E-state index contributed by atoms with van der Waals surface area (Å²) in [5.74, 6) is 0.548. The molecule has 7 nitrogen and oxygen atoms in total. The van der Waals surface area contributed by atoms with Crippen LogP contribution in [0.1, 0.15) is 10.4 Å². The Bertz CT molecular complexity index is 961. The monoisotopic (exact) mass is 352 g/mol. The van der Waals surface area contributed by atoms with Crippen LogP contribution in [0.5, 0.6) is 5.88 Å². The molecule has 0 aliphatic carbocycles. The van der Waals surface area contributed by atoms with Gasteiger partial charge in [-0.05, 0) is 23.8 Å². The highest BCUT2D eigenvalue weighted by Crippen LogP contribution is 2.31. The summed E-state index contributed by atoms with van der Waals surface area (Å²) in [6, 6.07) is 7.47. The first kappa shape index (κ1) is 16.5. The number of nitrogens with zero attached hydrogens (tertiary/aromatic N) is 4. The molecule has 3 heterocycles. The molecular weight excluding hydrogens is 332 g/mol. The zero-order chi connectivity index (χ0) is 18.1. The maximum atomic E-state index is 12.8. The number of aromatic nitrogens is 3.